The molecule has 0 unspecified atom stereocenters. The minimum Gasteiger partial charge on any atom is -0.495 e. The zero-order chi connectivity index (χ0) is 30.7. The average Bonchev–Trinajstić information content (AvgIpc) is 3.36. The first kappa shape index (κ1) is 30.2. The molecule has 1 aliphatic heterocycles. The van der Waals surface area contributed by atoms with Gasteiger partial charge in [0, 0.05) is 31.1 Å². The zero-order valence-corrected chi connectivity index (χ0v) is 25.5. The van der Waals surface area contributed by atoms with Crippen LogP contribution in [-0.2, 0) is 26.1 Å². The average molecular weight is 626 g/mol. The van der Waals surface area contributed by atoms with Crippen molar-refractivity contribution < 1.29 is 27.5 Å². The van der Waals surface area contributed by atoms with Gasteiger partial charge in [-0.15, -0.1) is 11.3 Å². The number of benzene rings is 2. The van der Waals surface area contributed by atoms with Gasteiger partial charge in [0.15, 0.2) is 0 Å². The second-order valence-electron chi connectivity index (χ2n) is 9.72. The number of piperazine rings is 1. The van der Waals surface area contributed by atoms with Gasteiger partial charge in [-0.3, -0.25) is 14.2 Å². The Bertz CT molecular complexity index is 1840. The Kier molecular flexibility index (Phi) is 8.80. The molecule has 14 heteroatoms. The second kappa shape index (κ2) is 12.5. The van der Waals surface area contributed by atoms with Crippen LogP contribution in [0.4, 0.5) is 11.4 Å². The summed E-state index contributed by atoms with van der Waals surface area (Å²) < 4.78 is 40.8. The van der Waals surface area contributed by atoms with Crippen LogP contribution in [0, 0.1) is 6.92 Å². The highest BCUT2D eigenvalue weighted by molar-refractivity contribution is 7.89. The third-order valence-corrected chi connectivity index (χ3v) is 10.3. The largest absolute Gasteiger partial charge is 0.495 e. The summed E-state index contributed by atoms with van der Waals surface area (Å²) in [4.78, 5) is 45.8. The van der Waals surface area contributed by atoms with E-state index in [1.54, 1.807) is 39.2 Å². The van der Waals surface area contributed by atoms with Crippen molar-refractivity contribution in [2.24, 2.45) is 0 Å². The number of ether oxygens (including phenoxy) is 2. The van der Waals surface area contributed by atoms with Gasteiger partial charge in [-0.05, 0) is 38.1 Å². The third-order valence-electron chi connectivity index (χ3n) is 7.07. The maximum atomic E-state index is 13.9. The van der Waals surface area contributed by atoms with Gasteiger partial charge in [0.05, 0.1) is 42.4 Å². The van der Waals surface area contributed by atoms with Gasteiger partial charge in [-0.2, -0.15) is 4.31 Å². The molecule has 0 spiro atoms. The molecule has 0 aliphatic carbocycles. The number of fused-ring (bicyclic) bond motifs is 1. The van der Waals surface area contributed by atoms with E-state index in [9.17, 15) is 22.8 Å². The summed E-state index contributed by atoms with van der Waals surface area (Å²) in [5.41, 5.74) is 0.644. The molecule has 1 fully saturated rings. The van der Waals surface area contributed by atoms with Gasteiger partial charge in [-0.1, -0.05) is 24.3 Å². The Morgan fingerprint density at radius 1 is 1.05 bits per heavy atom. The van der Waals surface area contributed by atoms with Crippen molar-refractivity contribution in [3.05, 3.63) is 75.7 Å². The first-order chi connectivity index (χ1) is 20.6. The summed E-state index contributed by atoms with van der Waals surface area (Å²) in [6.07, 6.45) is 1.22. The van der Waals surface area contributed by atoms with E-state index >= 15 is 0 Å². The number of thiophene rings is 1. The van der Waals surface area contributed by atoms with E-state index in [4.69, 9.17) is 9.47 Å². The first-order valence-electron chi connectivity index (χ1n) is 13.6. The number of methoxy groups -OCH3 is 1. The Balaban J connectivity index is 1.39. The van der Waals surface area contributed by atoms with Crippen molar-refractivity contribution in [3.8, 4) is 5.75 Å². The molecule has 1 saturated heterocycles. The smallest absolute Gasteiger partial charge is 0.340 e. The van der Waals surface area contributed by atoms with E-state index in [1.807, 2.05) is 24.3 Å². The molecule has 2 aromatic carbocycles. The molecule has 1 N–H and O–H groups in total. The van der Waals surface area contributed by atoms with E-state index < -0.39 is 34.0 Å². The molecule has 226 valence electrons. The standard InChI is InChI=1S/C29H31N5O7S2/c1-4-41-29(37)20-9-5-6-10-21(20)31-24(35)17-33-18-30-27-25(28(33)36)26(19(2)42-27)43(38,39)34-15-13-32(14-16-34)22-11-7-8-12-23(22)40-3/h5-12,18H,4,13-17H2,1-3H3,(H,31,35). The van der Waals surface area contributed by atoms with Gasteiger partial charge in [0.2, 0.25) is 15.9 Å². The molecular weight excluding hydrogens is 594 g/mol. The number of hydrogen-bond acceptors (Lipinski definition) is 10. The number of nitrogens with zero attached hydrogens (tertiary/aromatic N) is 4. The molecule has 5 rings (SSSR count). The summed E-state index contributed by atoms with van der Waals surface area (Å²) >= 11 is 1.12. The fraction of sp³-hybridized carbons (Fsp3) is 0.310. The van der Waals surface area contributed by atoms with Crippen molar-refractivity contribution in [1.29, 1.82) is 0 Å². The van der Waals surface area contributed by atoms with Crippen LogP contribution in [0.25, 0.3) is 10.2 Å². The fourth-order valence-electron chi connectivity index (χ4n) is 5.05. The SMILES string of the molecule is CCOC(=O)c1ccccc1NC(=O)Cn1cnc2sc(C)c(S(=O)(=O)N3CCN(c4ccccc4OC)CC3)c2c1=O. The molecule has 4 aromatic rings. The minimum absolute atomic E-state index is 0.0446. The minimum atomic E-state index is -4.05. The highest BCUT2D eigenvalue weighted by Gasteiger charge is 2.34. The molecule has 0 atom stereocenters. The maximum Gasteiger partial charge on any atom is 0.340 e. The summed E-state index contributed by atoms with van der Waals surface area (Å²) in [6.45, 7) is 4.37. The van der Waals surface area contributed by atoms with Crippen molar-refractivity contribution in [2.75, 3.05) is 50.1 Å². The van der Waals surface area contributed by atoms with Crippen LogP contribution in [0.2, 0.25) is 0 Å². The summed E-state index contributed by atoms with van der Waals surface area (Å²) in [5.74, 6) is -0.478. The van der Waals surface area contributed by atoms with Gasteiger partial charge in [0.25, 0.3) is 5.56 Å². The molecule has 3 heterocycles. The predicted octanol–water partition coefficient (Wildman–Crippen LogP) is 3.10. The third kappa shape index (κ3) is 5.98. The van der Waals surface area contributed by atoms with Crippen LogP contribution in [0.3, 0.4) is 0 Å². The number of hydrogen-bond donors (Lipinski definition) is 1. The number of aromatic nitrogens is 2. The molecule has 1 amide bonds. The molecule has 2 aromatic heterocycles. The lowest BCUT2D eigenvalue weighted by molar-refractivity contribution is -0.116. The molecular formula is C29H31N5O7S2. The molecule has 43 heavy (non-hydrogen) atoms. The Morgan fingerprint density at radius 3 is 2.47 bits per heavy atom. The Hall–Kier alpha value is -4.27. The summed E-state index contributed by atoms with van der Waals surface area (Å²) in [6, 6.07) is 13.9. The first-order valence-corrected chi connectivity index (χ1v) is 15.8. The second-order valence-corrected chi connectivity index (χ2v) is 12.8. The molecule has 12 nitrogen and oxygen atoms in total. The van der Waals surface area contributed by atoms with E-state index in [1.165, 1.54) is 16.7 Å². The Morgan fingerprint density at radius 2 is 1.74 bits per heavy atom. The van der Waals surface area contributed by atoms with E-state index in [-0.39, 0.29) is 46.1 Å². The highest BCUT2D eigenvalue weighted by atomic mass is 32.2. The number of aryl methyl sites for hydroxylation is 1. The lowest BCUT2D eigenvalue weighted by Crippen LogP contribution is -2.49. The van der Waals surface area contributed by atoms with Crippen LogP contribution in [-0.4, -0.2) is 74.0 Å². The zero-order valence-electron chi connectivity index (χ0n) is 23.9. The molecule has 0 bridgehead atoms. The number of para-hydroxylation sites is 3. The van der Waals surface area contributed by atoms with Crippen LogP contribution in [0.1, 0.15) is 22.2 Å². The predicted molar refractivity (Wildman–Crippen MR) is 164 cm³/mol. The number of rotatable bonds is 9. The normalized spacial score (nSPS) is 14.1. The van der Waals surface area contributed by atoms with Crippen molar-refractivity contribution in [3.63, 3.8) is 0 Å². The maximum absolute atomic E-state index is 13.9. The highest BCUT2D eigenvalue weighted by Crippen LogP contribution is 2.34. The topological polar surface area (TPSA) is 140 Å². The van der Waals surface area contributed by atoms with Crippen molar-refractivity contribution >= 4 is 54.8 Å². The van der Waals surface area contributed by atoms with Crippen LogP contribution in [0.5, 0.6) is 5.75 Å². The van der Waals surface area contributed by atoms with E-state index in [0.29, 0.717) is 23.7 Å². The van der Waals surface area contributed by atoms with Crippen LogP contribution >= 0.6 is 11.3 Å². The number of anilines is 2. The Labute approximate surface area is 252 Å². The fourth-order valence-corrected chi connectivity index (χ4v) is 8.14. The van der Waals surface area contributed by atoms with E-state index in [2.05, 4.69) is 15.2 Å². The van der Waals surface area contributed by atoms with Crippen molar-refractivity contribution in [2.45, 2.75) is 25.3 Å². The molecule has 0 saturated carbocycles. The molecule has 1 aliphatic rings. The van der Waals surface area contributed by atoms with E-state index in [0.717, 1.165) is 21.6 Å². The van der Waals surface area contributed by atoms with Crippen LogP contribution in [0.15, 0.2) is 64.5 Å². The lowest BCUT2D eigenvalue weighted by atomic mass is 10.2. The summed E-state index contributed by atoms with van der Waals surface area (Å²) in [5, 5.41) is 2.59. The lowest BCUT2D eigenvalue weighted by Gasteiger charge is -2.35. The quantitative estimate of drug-likeness (QED) is 0.278. The van der Waals surface area contributed by atoms with Gasteiger partial charge < -0.3 is 19.7 Å². The summed E-state index contributed by atoms with van der Waals surface area (Å²) in [7, 11) is -2.46. The number of sulfonamides is 1. The molecule has 0 radical (unpaired) electrons. The number of nitrogens with one attached hydrogen (secondary N) is 1. The number of carbonyl (C=O) groups is 2. The van der Waals surface area contributed by atoms with Gasteiger partial charge in [0.1, 0.15) is 22.0 Å². The number of carbonyl (C=O) groups excluding carboxylic acids is 2. The number of amides is 1. The monoisotopic (exact) mass is 625 g/mol. The van der Waals surface area contributed by atoms with Crippen molar-refractivity contribution in [1.82, 2.24) is 13.9 Å². The van der Waals surface area contributed by atoms with Crippen LogP contribution < -0.4 is 20.5 Å². The van der Waals surface area contributed by atoms with Gasteiger partial charge >= 0.3 is 5.97 Å². The van der Waals surface area contributed by atoms with Gasteiger partial charge in [-0.25, -0.2) is 18.2 Å². The number of esters is 1.